The van der Waals surface area contributed by atoms with Gasteiger partial charge in [0, 0.05) is 64.6 Å². The Labute approximate surface area is 733 Å². The van der Waals surface area contributed by atoms with Gasteiger partial charge in [0.25, 0.3) is 0 Å². The third kappa shape index (κ3) is 34.4. The van der Waals surface area contributed by atoms with Gasteiger partial charge in [0.2, 0.25) is 106 Å². The van der Waals surface area contributed by atoms with E-state index in [4.69, 9.17) is 16.6 Å². The molecule has 123 heavy (non-hydrogen) atoms. The molecular weight excluding hydrogens is 1750 g/mol. The zero-order valence-corrected chi connectivity index (χ0v) is 71.6. The van der Waals surface area contributed by atoms with Crippen LogP contribution in [0.25, 0.3) is 10.9 Å². The van der Waals surface area contributed by atoms with Crippen LogP contribution in [0.1, 0.15) is 71.8 Å². The zero-order chi connectivity index (χ0) is 93.0. The fourth-order valence-corrected chi connectivity index (χ4v) is 12.9. The molecule has 2 heterocycles. The zero-order valence-electron chi connectivity index (χ0n) is 66.2. The van der Waals surface area contributed by atoms with Gasteiger partial charge in [-0.25, -0.2) is 4.79 Å². The number of rotatable bonds is 53. The number of benzene rings is 1. The number of carbonyl (C=O) groups excluding carboxylic acids is 18. The van der Waals surface area contributed by atoms with Crippen molar-refractivity contribution in [2.45, 2.75) is 175 Å². The highest BCUT2D eigenvalue weighted by atomic mass is 32.1. The van der Waals surface area contributed by atoms with Crippen molar-refractivity contribution < 1.29 is 136 Å². The number of nitrogens with two attached hydrogens (primary N) is 2. The maximum Gasteiger partial charge on any atom is 0.327 e. The lowest BCUT2D eigenvalue weighted by atomic mass is 10.0. The maximum atomic E-state index is 14.4. The van der Waals surface area contributed by atoms with Crippen molar-refractivity contribution in [2.75, 3.05) is 60.8 Å². The molecule has 27 N–H and O–H groups in total. The molecule has 0 bridgehead atoms. The van der Waals surface area contributed by atoms with Gasteiger partial charge in [-0.2, -0.15) is 75.8 Å². The first kappa shape index (κ1) is 106. The molecule has 1 fully saturated rings. The normalized spacial score (nSPS) is 16.2. The number of amides is 18. The highest BCUT2D eigenvalue weighted by Gasteiger charge is 2.43. The monoisotopic (exact) mass is 1850 g/mol. The van der Waals surface area contributed by atoms with E-state index in [-0.39, 0.29) is 30.9 Å². The van der Waals surface area contributed by atoms with E-state index in [0.29, 0.717) is 16.5 Å². The highest BCUT2D eigenvalue weighted by molar-refractivity contribution is 7.81. The smallest absolute Gasteiger partial charge is 0.327 e. The number of carboxylic acids is 4. The summed E-state index contributed by atoms with van der Waals surface area (Å²) in [6.45, 7) is 2.44. The minimum atomic E-state index is -2.14. The van der Waals surface area contributed by atoms with E-state index in [9.17, 15) is 131 Å². The predicted molar refractivity (Wildman–Crippen MR) is 448 cm³/mol. The van der Waals surface area contributed by atoms with Gasteiger partial charge in [-0.3, -0.25) is 101 Å². The molecule has 1 aliphatic heterocycles. The molecule has 682 valence electrons. The van der Waals surface area contributed by atoms with Crippen LogP contribution in [0, 0.1) is 5.92 Å². The molecular formula is C69H102N20O28S6. The van der Waals surface area contributed by atoms with Crippen LogP contribution in [0.2, 0.25) is 0 Å². The number of hydrogen-bond acceptors (Lipinski definition) is 31. The number of aromatic amines is 1. The third-order valence-electron chi connectivity index (χ3n) is 18.0. The Morgan fingerprint density at radius 3 is 1.24 bits per heavy atom. The number of aromatic nitrogens is 1. The van der Waals surface area contributed by atoms with Crippen molar-refractivity contribution in [3.8, 4) is 0 Å². The van der Waals surface area contributed by atoms with Gasteiger partial charge in [0.15, 0.2) is 0 Å². The van der Waals surface area contributed by atoms with Gasteiger partial charge in [-0.05, 0) is 44.2 Å². The Bertz CT molecular complexity index is 4210. The van der Waals surface area contributed by atoms with E-state index in [1.807, 2.05) is 10.6 Å². The van der Waals surface area contributed by atoms with Crippen LogP contribution in [0.3, 0.4) is 0 Å². The van der Waals surface area contributed by atoms with E-state index in [1.165, 1.54) is 33.9 Å². The maximum absolute atomic E-state index is 14.4. The van der Waals surface area contributed by atoms with Crippen LogP contribution in [-0.2, 0) is 112 Å². The molecule has 0 spiro atoms. The first-order chi connectivity index (χ1) is 57.8. The van der Waals surface area contributed by atoms with Crippen molar-refractivity contribution in [2.24, 2.45) is 17.4 Å². The number of H-pyrrole nitrogens is 1. The first-order valence-electron chi connectivity index (χ1n) is 37.3. The number of likely N-dealkylation sites (tertiary alicyclic amines) is 1. The second-order valence-corrected chi connectivity index (χ2v) is 30.0. The van der Waals surface area contributed by atoms with E-state index in [1.54, 1.807) is 24.3 Å². The Balaban J connectivity index is 1.74. The number of para-hydroxylation sites is 1. The number of fused-ring (bicyclic) bond motifs is 1. The van der Waals surface area contributed by atoms with Crippen LogP contribution in [0.15, 0.2) is 30.5 Å². The minimum Gasteiger partial charge on any atom is -0.481 e. The van der Waals surface area contributed by atoms with Crippen molar-refractivity contribution in [3.63, 3.8) is 0 Å². The summed E-state index contributed by atoms with van der Waals surface area (Å²) in [5.41, 5.74) is 11.8. The summed E-state index contributed by atoms with van der Waals surface area (Å²) in [4.78, 5) is 295. The lowest BCUT2D eigenvalue weighted by Gasteiger charge is -2.30. The van der Waals surface area contributed by atoms with E-state index >= 15 is 0 Å². The van der Waals surface area contributed by atoms with E-state index < -0.39 is 314 Å². The van der Waals surface area contributed by atoms with Crippen molar-refractivity contribution >= 4 is 217 Å². The Morgan fingerprint density at radius 2 is 0.813 bits per heavy atom. The van der Waals surface area contributed by atoms with Gasteiger partial charge in [-0.15, -0.1) is 0 Å². The average Bonchev–Trinajstić information content (AvgIpc) is 1.72. The van der Waals surface area contributed by atoms with Crippen molar-refractivity contribution in [1.29, 1.82) is 0 Å². The van der Waals surface area contributed by atoms with Gasteiger partial charge in [0.1, 0.15) is 103 Å². The number of carboxylic acid groups (broad SMARTS) is 4. The number of aliphatic carboxylic acids is 4. The molecule has 18 amide bonds. The predicted octanol–water partition coefficient (Wildman–Crippen LogP) is -11.9. The molecule has 48 nitrogen and oxygen atoms in total. The van der Waals surface area contributed by atoms with Gasteiger partial charge >= 0.3 is 23.9 Å². The van der Waals surface area contributed by atoms with E-state index in [0.717, 1.165) is 4.90 Å². The summed E-state index contributed by atoms with van der Waals surface area (Å²) in [6.07, 6.45) is -3.37. The number of primary amides is 1. The fraction of sp³-hybridized carbons (Fsp3) is 0.565. The topological polar surface area (TPSA) is 760 Å². The third-order valence-corrected chi connectivity index (χ3v) is 20.2. The summed E-state index contributed by atoms with van der Waals surface area (Å²) in [5, 5.41) is 94.1. The molecule has 0 saturated carbocycles. The van der Waals surface area contributed by atoms with Crippen molar-refractivity contribution in [3.05, 3.63) is 36.0 Å². The first-order valence-corrected chi connectivity index (χ1v) is 41.1. The quantitative estimate of drug-likeness (QED) is 0.0274. The summed E-state index contributed by atoms with van der Waals surface area (Å²) < 4.78 is 0. The molecule has 0 radical (unpaired) electrons. The van der Waals surface area contributed by atoms with E-state index in [2.05, 4.69) is 155 Å². The summed E-state index contributed by atoms with van der Waals surface area (Å²) in [5.74, 6) is -30.9. The van der Waals surface area contributed by atoms with Gasteiger partial charge < -0.3 is 137 Å². The Morgan fingerprint density at radius 1 is 0.431 bits per heavy atom. The molecule has 17 atom stereocenters. The lowest BCUT2D eigenvalue weighted by Crippen LogP contribution is -2.62. The van der Waals surface area contributed by atoms with Crippen LogP contribution in [0.4, 0.5) is 0 Å². The fourth-order valence-electron chi connectivity index (χ4n) is 11.3. The number of thiol groups is 6. The molecule has 2 aromatic rings. The molecule has 0 aliphatic carbocycles. The largest absolute Gasteiger partial charge is 0.481 e. The number of aliphatic hydroxyl groups is 2. The van der Waals surface area contributed by atoms with Crippen molar-refractivity contribution in [1.82, 2.24) is 95.0 Å². The number of aliphatic hydroxyl groups excluding tert-OH is 2. The molecule has 0 unspecified atom stereocenters. The second-order valence-electron chi connectivity index (χ2n) is 27.8. The number of hydrogen-bond donors (Lipinski definition) is 31. The van der Waals surface area contributed by atoms with Crippen LogP contribution >= 0.6 is 75.8 Å². The standard InChI is InChI=1S/C69H102N20O28S6/c1-27(2)52(67(114)87-44(25-122)65(112)86-42(23-120)63(110)81-38(13-47(71)92)68(115)89-11-7-10-46(89)66(113)75-29(4)54(101)83-40(21-118)61(108)74-28(3)53(100)73-18-48(93)76-45(26-123)69(116)117)88-59(106)37(16-51(98)99)80-62(109)41(22-119)85-64(111)43(24-121)84-58(105)36(15-50(96)97)78-56(103)34(12-30-17-72-33-9-6-5-8-31(30)33)77-57(104)35(14-49(94)95)79-60(107)39(20-91)82-55(102)32(70)19-90/h5-6,8-9,17,27-29,32,34-46,52,72,90-91,118-123H,7,10-16,18-26,70H2,1-4H3,(H2,71,92)(H,73,100)(H,74,108)(H,75,113)(H,76,93)(H,77,104)(H,78,103)(H,79,107)(H,80,109)(H,81,110)(H,82,102)(H,83,101)(H,84,105)(H,85,111)(H,86,112)(H,87,114)(H,88,106)(H,94,95)(H,96,97)(H,98,99)(H,116,117)/t28-,29-,32-,34-,35-,36-,37-,38-,39-,40-,41-,42-,43-,44-,45-,46-,52-/m0/s1. The minimum absolute atomic E-state index is 0.00656. The number of carbonyl (C=O) groups is 22. The Hall–Kier alpha value is -10.9. The summed E-state index contributed by atoms with van der Waals surface area (Å²) in [7, 11) is 0. The molecule has 1 saturated heterocycles. The summed E-state index contributed by atoms with van der Waals surface area (Å²) >= 11 is 24.5. The molecule has 1 aliphatic rings. The van der Waals surface area contributed by atoms with Crippen LogP contribution < -0.4 is 96.5 Å². The molecule has 1 aromatic heterocycles. The lowest BCUT2D eigenvalue weighted by molar-refractivity contribution is -0.143. The SMILES string of the molecule is CC(C)[C@H](NC(=O)[C@H](CC(=O)O)NC(=O)[C@H](CS)NC(=O)[C@H](CS)NC(=O)[C@H](CC(=O)O)NC(=O)[C@H](Cc1c[nH]c2ccccc12)NC(=O)[C@H](CC(=O)O)NC(=O)[C@H](CO)NC(=O)[C@@H](N)CO)C(=O)N[C@@H](CS)C(=O)N[C@@H](CS)C(=O)N[C@@H](CC(N)=O)C(=O)N1CCC[C@H]1C(=O)N[C@@H](C)C(=O)N[C@@H](CS)C(=O)N[C@@H](C)C(=O)NCC(=O)N[C@@H](CS)C(=O)O. The molecule has 54 heteroatoms. The van der Waals surface area contributed by atoms with Crippen LogP contribution in [0.5, 0.6) is 0 Å². The van der Waals surface area contributed by atoms with Gasteiger partial charge in [-0.1, -0.05) is 32.0 Å². The van der Waals surface area contributed by atoms with Crippen LogP contribution in [-0.4, -0.2) is 334 Å². The number of nitrogens with one attached hydrogen (secondary N) is 17. The number of nitrogens with zero attached hydrogens (tertiary/aromatic N) is 1. The Kier molecular flexibility index (Phi) is 45.4. The molecule has 1 aromatic carbocycles. The highest BCUT2D eigenvalue weighted by Crippen LogP contribution is 2.22. The average molecular weight is 1850 g/mol. The second kappa shape index (κ2) is 52.5. The molecule has 3 rings (SSSR count). The van der Waals surface area contributed by atoms with Gasteiger partial charge in [0.05, 0.1) is 45.4 Å². The summed E-state index contributed by atoms with van der Waals surface area (Å²) in [6, 6.07) is -22.4.